The van der Waals surface area contributed by atoms with Crippen LogP contribution in [-0.2, 0) is 23.7 Å². The summed E-state index contributed by atoms with van der Waals surface area (Å²) in [5.74, 6) is -2.40. The number of aliphatic hydroxyl groups is 1. The number of rotatable bonds is 6. The lowest BCUT2D eigenvalue weighted by atomic mass is 10.1. The summed E-state index contributed by atoms with van der Waals surface area (Å²) in [5, 5.41) is 12.6. The number of halogens is 6. The number of hydrogen-bond donors (Lipinski definition) is 1. The van der Waals surface area contributed by atoms with Gasteiger partial charge in [0.2, 0.25) is 22.6 Å². The first-order chi connectivity index (χ1) is 17.8. The Balaban J connectivity index is 1.58. The number of hydrogen-bond acceptors (Lipinski definition) is 10. The van der Waals surface area contributed by atoms with Gasteiger partial charge in [-0.15, -0.1) is 5.10 Å². The highest BCUT2D eigenvalue weighted by Crippen LogP contribution is 2.43. The van der Waals surface area contributed by atoms with Crippen LogP contribution in [0, 0.1) is 0 Å². The molecule has 1 saturated heterocycles. The molecule has 0 bridgehead atoms. The number of ketones is 1. The van der Waals surface area contributed by atoms with Gasteiger partial charge in [-0.05, 0) is 0 Å². The van der Waals surface area contributed by atoms with Gasteiger partial charge in [0.05, 0.1) is 12.6 Å². The van der Waals surface area contributed by atoms with E-state index in [2.05, 4.69) is 25.0 Å². The highest BCUT2D eigenvalue weighted by molar-refractivity contribution is 7.16. The Kier molecular flexibility index (Phi) is 7.37. The SMILES string of the molecule is CC(=O)c1ncn(CC(=O)N2CCN(c3sc(C(F)(F)F)nc3-c3cnc(C(F)(F)F)nc3)CC2CO)n1. The maximum absolute atomic E-state index is 13.5. The molecule has 1 atom stereocenters. The van der Waals surface area contributed by atoms with Crippen molar-refractivity contribution >= 4 is 28.0 Å². The van der Waals surface area contributed by atoms with Crippen molar-refractivity contribution in [1.82, 2.24) is 34.6 Å². The molecule has 1 aliphatic rings. The van der Waals surface area contributed by atoms with E-state index in [-0.39, 0.29) is 59.6 Å². The lowest BCUT2D eigenvalue weighted by Crippen LogP contribution is -2.57. The molecule has 0 saturated carbocycles. The minimum atomic E-state index is -4.84. The number of aromatic nitrogens is 6. The van der Waals surface area contributed by atoms with Crippen LogP contribution >= 0.6 is 11.3 Å². The average molecular weight is 564 g/mol. The Bertz CT molecular complexity index is 1320. The topological polar surface area (TPSA) is 130 Å². The van der Waals surface area contributed by atoms with Gasteiger partial charge in [0, 0.05) is 44.5 Å². The van der Waals surface area contributed by atoms with Crippen molar-refractivity contribution in [2.45, 2.75) is 31.9 Å². The molecule has 0 spiro atoms. The summed E-state index contributed by atoms with van der Waals surface area (Å²) in [7, 11) is 0. The number of amides is 1. The van der Waals surface area contributed by atoms with Gasteiger partial charge in [0.25, 0.3) is 0 Å². The number of alkyl halides is 6. The highest BCUT2D eigenvalue weighted by atomic mass is 32.1. The van der Waals surface area contributed by atoms with Crippen LogP contribution in [0.2, 0.25) is 0 Å². The third-order valence-corrected chi connectivity index (χ3v) is 6.64. The summed E-state index contributed by atoms with van der Waals surface area (Å²) in [5.41, 5.74) is -0.432. The third-order valence-electron chi connectivity index (χ3n) is 5.48. The molecule has 0 aromatic carbocycles. The fourth-order valence-electron chi connectivity index (χ4n) is 3.72. The molecule has 204 valence electrons. The van der Waals surface area contributed by atoms with Crippen molar-refractivity contribution in [2.75, 3.05) is 31.1 Å². The van der Waals surface area contributed by atoms with Crippen LogP contribution in [0.3, 0.4) is 0 Å². The van der Waals surface area contributed by atoms with Gasteiger partial charge in [0.15, 0.2) is 5.78 Å². The summed E-state index contributed by atoms with van der Waals surface area (Å²) < 4.78 is 80.1. The van der Waals surface area contributed by atoms with Gasteiger partial charge in [0.1, 0.15) is 23.6 Å². The fourth-order valence-corrected chi connectivity index (χ4v) is 4.71. The number of Topliss-reactive ketones (excluding diaryl/α,β-unsaturated/α-hetero) is 1. The van der Waals surface area contributed by atoms with Crippen LogP contribution in [-0.4, -0.2) is 83.7 Å². The minimum Gasteiger partial charge on any atom is -0.394 e. The van der Waals surface area contributed by atoms with E-state index >= 15 is 0 Å². The summed E-state index contributed by atoms with van der Waals surface area (Å²) in [4.78, 5) is 40.8. The number of anilines is 1. The maximum Gasteiger partial charge on any atom is 0.451 e. The van der Waals surface area contributed by atoms with E-state index in [1.807, 2.05) is 0 Å². The van der Waals surface area contributed by atoms with Crippen LogP contribution in [0.15, 0.2) is 18.7 Å². The molecule has 1 unspecified atom stereocenters. The zero-order chi connectivity index (χ0) is 27.8. The van der Waals surface area contributed by atoms with Crippen molar-refractivity contribution in [3.8, 4) is 11.3 Å². The van der Waals surface area contributed by atoms with E-state index in [0.29, 0.717) is 0 Å². The number of thiazole rings is 1. The summed E-state index contributed by atoms with van der Waals surface area (Å²) in [6.45, 7) is 0.391. The minimum absolute atomic E-state index is 0.000521. The third kappa shape index (κ3) is 5.74. The maximum atomic E-state index is 13.5. The Morgan fingerprint density at radius 3 is 2.32 bits per heavy atom. The van der Waals surface area contributed by atoms with Gasteiger partial charge < -0.3 is 14.9 Å². The molecule has 3 aromatic heterocycles. The summed E-state index contributed by atoms with van der Waals surface area (Å²) >= 11 is 0.280. The molecule has 0 aliphatic carbocycles. The van der Waals surface area contributed by atoms with E-state index in [9.17, 15) is 41.0 Å². The molecule has 3 aromatic rings. The number of carbonyl (C=O) groups is 2. The van der Waals surface area contributed by atoms with Gasteiger partial charge >= 0.3 is 12.4 Å². The molecule has 1 N–H and O–H groups in total. The van der Waals surface area contributed by atoms with E-state index in [0.717, 1.165) is 17.1 Å². The van der Waals surface area contributed by atoms with Crippen LogP contribution in [0.1, 0.15) is 28.4 Å². The first kappa shape index (κ1) is 27.4. The van der Waals surface area contributed by atoms with E-state index in [1.165, 1.54) is 23.1 Å². The second-order valence-electron chi connectivity index (χ2n) is 8.16. The monoisotopic (exact) mass is 564 g/mol. The van der Waals surface area contributed by atoms with E-state index < -0.39 is 47.5 Å². The number of nitrogens with zero attached hydrogens (tertiary/aromatic N) is 8. The second kappa shape index (κ2) is 10.2. The molecule has 1 fully saturated rings. The molecule has 1 aliphatic heterocycles. The van der Waals surface area contributed by atoms with Crippen molar-refractivity contribution in [1.29, 1.82) is 0 Å². The molecular formula is C20H18F6N8O3S. The quantitative estimate of drug-likeness (QED) is 0.354. The summed E-state index contributed by atoms with van der Waals surface area (Å²) in [6.07, 6.45) is -6.98. The number of carbonyl (C=O) groups excluding carboxylic acids is 2. The Hall–Kier alpha value is -3.67. The van der Waals surface area contributed by atoms with Crippen LogP contribution in [0.25, 0.3) is 11.3 Å². The highest BCUT2D eigenvalue weighted by Gasteiger charge is 2.39. The number of aliphatic hydroxyl groups excluding tert-OH is 1. The summed E-state index contributed by atoms with van der Waals surface area (Å²) in [6, 6.07) is -0.833. The normalized spacial score (nSPS) is 16.7. The van der Waals surface area contributed by atoms with E-state index in [4.69, 9.17) is 0 Å². The van der Waals surface area contributed by atoms with Crippen LogP contribution < -0.4 is 4.90 Å². The van der Waals surface area contributed by atoms with Crippen LogP contribution in [0.5, 0.6) is 0 Å². The van der Waals surface area contributed by atoms with Crippen molar-refractivity contribution in [3.05, 3.63) is 35.4 Å². The standard InChI is InChI=1S/C20H18F6N8O3S/c1-10(36)15-29-9-33(31-15)7-13(37)34-3-2-32(6-12(34)8-35)16-14(30-18(38-16)20(24,25)26)11-4-27-17(28-5-11)19(21,22)23/h4-5,9,12,35H,2-3,6-8H2,1H3. The Morgan fingerprint density at radius 2 is 1.76 bits per heavy atom. The van der Waals surface area contributed by atoms with Crippen molar-refractivity contribution in [3.63, 3.8) is 0 Å². The fraction of sp³-hybridized carbons (Fsp3) is 0.450. The first-order valence-corrected chi connectivity index (χ1v) is 11.6. The largest absolute Gasteiger partial charge is 0.451 e. The average Bonchev–Trinajstić information content (AvgIpc) is 3.51. The predicted molar refractivity (Wildman–Crippen MR) is 118 cm³/mol. The molecule has 4 rings (SSSR count). The molecule has 1 amide bonds. The van der Waals surface area contributed by atoms with Crippen molar-refractivity contribution < 1.29 is 41.0 Å². The molecule has 11 nitrogen and oxygen atoms in total. The zero-order valence-corrected chi connectivity index (χ0v) is 20.2. The molecule has 18 heteroatoms. The van der Waals surface area contributed by atoms with Gasteiger partial charge in [-0.3, -0.25) is 9.59 Å². The predicted octanol–water partition coefficient (Wildman–Crippen LogP) is 2.14. The molecule has 4 heterocycles. The lowest BCUT2D eigenvalue weighted by Gasteiger charge is -2.41. The molecule has 0 radical (unpaired) electrons. The van der Waals surface area contributed by atoms with Gasteiger partial charge in [-0.25, -0.2) is 24.6 Å². The van der Waals surface area contributed by atoms with Gasteiger partial charge in [-0.1, -0.05) is 11.3 Å². The van der Waals surface area contributed by atoms with Gasteiger partial charge in [-0.2, -0.15) is 26.3 Å². The Morgan fingerprint density at radius 1 is 1.08 bits per heavy atom. The first-order valence-electron chi connectivity index (χ1n) is 10.8. The Labute approximate surface area is 213 Å². The molecular weight excluding hydrogens is 546 g/mol. The second-order valence-corrected chi connectivity index (χ2v) is 9.13. The van der Waals surface area contributed by atoms with Crippen molar-refractivity contribution in [2.24, 2.45) is 0 Å². The van der Waals surface area contributed by atoms with Crippen LogP contribution in [0.4, 0.5) is 31.3 Å². The number of piperazine rings is 1. The smallest absolute Gasteiger partial charge is 0.394 e. The zero-order valence-electron chi connectivity index (χ0n) is 19.4. The lowest BCUT2D eigenvalue weighted by molar-refractivity contribution is -0.145. The van der Waals surface area contributed by atoms with E-state index in [1.54, 1.807) is 0 Å². The molecule has 38 heavy (non-hydrogen) atoms.